The van der Waals surface area contributed by atoms with Crippen LogP contribution in [0, 0.1) is 0 Å². The number of amides is 2. The van der Waals surface area contributed by atoms with Crippen LogP contribution in [-0.4, -0.2) is 42.8 Å². The van der Waals surface area contributed by atoms with Crippen LogP contribution in [0.3, 0.4) is 0 Å². The molecule has 2 aromatic rings. The summed E-state index contributed by atoms with van der Waals surface area (Å²) in [7, 11) is 3.10. The van der Waals surface area contributed by atoms with E-state index in [0.717, 1.165) is 4.90 Å². The molecule has 3 rings (SSSR count). The van der Waals surface area contributed by atoms with Gasteiger partial charge in [-0.15, -0.1) is 11.8 Å². The van der Waals surface area contributed by atoms with Crippen molar-refractivity contribution in [3.8, 4) is 11.5 Å². The zero-order valence-electron chi connectivity index (χ0n) is 14.8. The van der Waals surface area contributed by atoms with Crippen molar-refractivity contribution in [2.75, 3.05) is 20.0 Å². The van der Waals surface area contributed by atoms with Crippen molar-refractivity contribution < 1.29 is 28.7 Å². The molecule has 0 fully saturated rings. The summed E-state index contributed by atoms with van der Waals surface area (Å²) < 4.78 is 10.4. The molecule has 2 aromatic carbocycles. The monoisotopic (exact) mass is 387 g/mol. The van der Waals surface area contributed by atoms with Crippen LogP contribution in [-0.2, 0) is 9.63 Å². The molecule has 0 radical (unpaired) electrons. The minimum absolute atomic E-state index is 0.0341. The van der Waals surface area contributed by atoms with E-state index in [1.54, 1.807) is 38.5 Å². The third kappa shape index (κ3) is 3.90. The Morgan fingerprint density at radius 3 is 2.19 bits per heavy atom. The highest BCUT2D eigenvalue weighted by atomic mass is 32.2. The highest BCUT2D eigenvalue weighted by molar-refractivity contribution is 7.99. The quantitative estimate of drug-likeness (QED) is 0.534. The van der Waals surface area contributed by atoms with Crippen molar-refractivity contribution >= 4 is 29.5 Å². The van der Waals surface area contributed by atoms with Crippen LogP contribution in [0.5, 0.6) is 11.5 Å². The predicted molar refractivity (Wildman–Crippen MR) is 97.9 cm³/mol. The van der Waals surface area contributed by atoms with Gasteiger partial charge in [0.2, 0.25) is 0 Å². The molecule has 0 N–H and O–H groups in total. The second-order valence-corrected chi connectivity index (χ2v) is 6.70. The van der Waals surface area contributed by atoms with Gasteiger partial charge in [0, 0.05) is 10.6 Å². The van der Waals surface area contributed by atoms with Crippen molar-refractivity contribution in [1.82, 2.24) is 5.06 Å². The number of benzene rings is 2. The summed E-state index contributed by atoms with van der Waals surface area (Å²) in [6, 6.07) is 11.8. The van der Waals surface area contributed by atoms with Gasteiger partial charge in [-0.1, -0.05) is 17.2 Å². The van der Waals surface area contributed by atoms with E-state index in [1.165, 1.54) is 23.9 Å². The molecule has 1 aliphatic heterocycles. The Morgan fingerprint density at radius 2 is 1.59 bits per heavy atom. The number of ether oxygens (including phenoxy) is 2. The van der Waals surface area contributed by atoms with Gasteiger partial charge < -0.3 is 14.3 Å². The zero-order valence-corrected chi connectivity index (χ0v) is 15.6. The van der Waals surface area contributed by atoms with Crippen molar-refractivity contribution in [1.29, 1.82) is 0 Å². The highest BCUT2D eigenvalue weighted by Gasteiger charge is 2.38. The normalized spacial score (nSPS) is 12.7. The van der Waals surface area contributed by atoms with E-state index in [0.29, 0.717) is 22.3 Å². The first-order valence-corrected chi connectivity index (χ1v) is 9.07. The summed E-state index contributed by atoms with van der Waals surface area (Å²) in [5, 5.41) is 0.522. The van der Waals surface area contributed by atoms with Crippen molar-refractivity contribution in [2.24, 2.45) is 0 Å². The van der Waals surface area contributed by atoms with Gasteiger partial charge in [0.25, 0.3) is 11.8 Å². The molecular weight excluding hydrogens is 370 g/mol. The Labute approximate surface area is 160 Å². The molecule has 0 aromatic heterocycles. The molecule has 2 amide bonds. The lowest BCUT2D eigenvalue weighted by molar-refractivity contribution is -0.167. The molecule has 27 heavy (non-hydrogen) atoms. The van der Waals surface area contributed by atoms with Crippen LogP contribution in [0.2, 0.25) is 0 Å². The number of thioether (sulfide) groups is 1. The topological polar surface area (TPSA) is 82.1 Å². The van der Waals surface area contributed by atoms with Crippen LogP contribution in [0.25, 0.3) is 0 Å². The van der Waals surface area contributed by atoms with E-state index in [4.69, 9.17) is 14.3 Å². The number of rotatable bonds is 7. The molecule has 0 spiro atoms. The lowest BCUT2D eigenvalue weighted by atomic mass is 10.1. The van der Waals surface area contributed by atoms with E-state index in [-0.39, 0.29) is 17.5 Å². The number of hydrogen-bond donors (Lipinski definition) is 0. The van der Waals surface area contributed by atoms with Crippen LogP contribution < -0.4 is 9.47 Å². The summed E-state index contributed by atoms with van der Waals surface area (Å²) in [5.74, 6) is -0.286. The summed E-state index contributed by atoms with van der Waals surface area (Å²) in [5.41, 5.74) is 0.463. The smallest absolute Gasteiger partial charge is 0.334 e. The average Bonchev–Trinajstić information content (AvgIpc) is 2.93. The van der Waals surface area contributed by atoms with E-state index >= 15 is 0 Å². The van der Waals surface area contributed by atoms with E-state index in [2.05, 4.69) is 0 Å². The van der Waals surface area contributed by atoms with Gasteiger partial charge in [0.1, 0.15) is 0 Å². The standard InChI is InChI=1S/C19H17NO6S/c1-24-15-8-7-12(11-16(15)25-2)27-10-9-17(21)26-20-18(22)13-5-3-4-6-14(13)19(20)23/h3-8,11H,9-10H2,1-2H3. The minimum Gasteiger partial charge on any atom is -0.493 e. The molecule has 8 heteroatoms. The zero-order chi connectivity index (χ0) is 19.4. The summed E-state index contributed by atoms with van der Waals surface area (Å²) in [6.07, 6.45) is 0.0341. The van der Waals surface area contributed by atoms with Gasteiger partial charge in [-0.05, 0) is 30.3 Å². The molecule has 7 nitrogen and oxygen atoms in total. The maximum absolute atomic E-state index is 12.2. The molecule has 1 aliphatic rings. The van der Waals surface area contributed by atoms with Crippen LogP contribution in [0.15, 0.2) is 47.4 Å². The van der Waals surface area contributed by atoms with E-state index < -0.39 is 17.8 Å². The Bertz CT molecular complexity index is 863. The van der Waals surface area contributed by atoms with Crippen LogP contribution in [0.4, 0.5) is 0 Å². The Hall–Kier alpha value is -3.00. The van der Waals surface area contributed by atoms with Crippen LogP contribution in [0.1, 0.15) is 27.1 Å². The van der Waals surface area contributed by atoms with Gasteiger partial charge in [-0.3, -0.25) is 9.59 Å². The molecular formula is C19H17NO6S. The van der Waals surface area contributed by atoms with Gasteiger partial charge in [0.05, 0.1) is 31.8 Å². The lowest BCUT2D eigenvalue weighted by Gasteiger charge is -2.12. The van der Waals surface area contributed by atoms with Crippen molar-refractivity contribution in [3.05, 3.63) is 53.6 Å². The van der Waals surface area contributed by atoms with E-state index in [9.17, 15) is 14.4 Å². The molecule has 0 bridgehead atoms. The number of imide groups is 1. The van der Waals surface area contributed by atoms with Gasteiger partial charge in [-0.25, -0.2) is 4.79 Å². The minimum atomic E-state index is -0.655. The fourth-order valence-corrected chi connectivity index (χ4v) is 3.42. The molecule has 1 heterocycles. The molecule has 140 valence electrons. The molecule has 0 atom stereocenters. The largest absolute Gasteiger partial charge is 0.493 e. The van der Waals surface area contributed by atoms with Gasteiger partial charge >= 0.3 is 5.97 Å². The van der Waals surface area contributed by atoms with Gasteiger partial charge in [-0.2, -0.15) is 0 Å². The second-order valence-electron chi connectivity index (χ2n) is 5.53. The third-order valence-electron chi connectivity index (χ3n) is 3.88. The SMILES string of the molecule is COc1ccc(SCCC(=O)ON2C(=O)c3ccccc3C2=O)cc1OC. The first-order chi connectivity index (χ1) is 13.0. The first kappa shape index (κ1) is 18.8. The second kappa shape index (κ2) is 8.13. The average molecular weight is 387 g/mol. The molecule has 0 saturated carbocycles. The maximum Gasteiger partial charge on any atom is 0.334 e. The molecule has 0 aliphatic carbocycles. The molecule has 0 saturated heterocycles. The number of fused-ring (bicyclic) bond motifs is 1. The third-order valence-corrected chi connectivity index (χ3v) is 4.88. The summed E-state index contributed by atoms with van der Waals surface area (Å²) in [4.78, 5) is 42.2. The fourth-order valence-electron chi connectivity index (χ4n) is 2.56. The maximum atomic E-state index is 12.2. The number of hydrogen-bond acceptors (Lipinski definition) is 7. The number of hydroxylamine groups is 2. The Morgan fingerprint density at radius 1 is 0.963 bits per heavy atom. The highest BCUT2D eigenvalue weighted by Crippen LogP contribution is 2.32. The number of nitrogens with zero attached hydrogens (tertiary/aromatic N) is 1. The Balaban J connectivity index is 1.54. The predicted octanol–water partition coefficient (Wildman–Crippen LogP) is 2.94. The van der Waals surface area contributed by atoms with E-state index in [1.807, 2.05) is 6.07 Å². The first-order valence-electron chi connectivity index (χ1n) is 8.08. The summed E-state index contributed by atoms with van der Waals surface area (Å²) in [6.45, 7) is 0. The fraction of sp³-hybridized carbons (Fsp3) is 0.211. The summed E-state index contributed by atoms with van der Waals surface area (Å²) >= 11 is 1.42. The number of carbonyl (C=O) groups is 3. The number of methoxy groups -OCH3 is 2. The van der Waals surface area contributed by atoms with Crippen LogP contribution >= 0.6 is 11.8 Å². The Kier molecular flexibility index (Phi) is 5.66. The van der Waals surface area contributed by atoms with Gasteiger partial charge in [0.15, 0.2) is 11.5 Å². The lowest BCUT2D eigenvalue weighted by Crippen LogP contribution is -2.32. The van der Waals surface area contributed by atoms with Crippen molar-refractivity contribution in [3.63, 3.8) is 0 Å². The van der Waals surface area contributed by atoms with Crippen molar-refractivity contribution in [2.45, 2.75) is 11.3 Å². The molecule has 0 unspecified atom stereocenters. The number of carbonyl (C=O) groups excluding carboxylic acids is 3.